The first-order chi connectivity index (χ1) is 7.70. The Hall–Kier alpha value is -1.39. The maximum absolute atomic E-state index is 12.7. The number of nitrogens with zero attached hydrogens (tertiary/aromatic N) is 2. The summed E-state index contributed by atoms with van der Waals surface area (Å²) in [6, 6.07) is 1.76. The molecule has 1 saturated heterocycles. The fourth-order valence-electron chi connectivity index (χ4n) is 1.59. The van der Waals surface area contributed by atoms with Gasteiger partial charge in [0.25, 0.3) is 0 Å². The van der Waals surface area contributed by atoms with Crippen LogP contribution in [-0.2, 0) is 4.79 Å². The second kappa shape index (κ2) is 4.47. The number of hydrogen-bond donors (Lipinski definition) is 0. The summed E-state index contributed by atoms with van der Waals surface area (Å²) in [4.78, 5) is 11.5. The van der Waals surface area contributed by atoms with Crippen molar-refractivity contribution in [2.45, 2.75) is 24.9 Å². The minimum atomic E-state index is -5.90. The Morgan fingerprint density at radius 3 is 2.35 bits per heavy atom. The molecule has 1 unspecified atom stereocenters. The fourth-order valence-corrected chi connectivity index (χ4v) is 1.59. The number of halogens is 5. The van der Waals surface area contributed by atoms with Gasteiger partial charge >= 0.3 is 18.0 Å². The fraction of sp³-hybridized carbons (Fsp3) is 0.778. The molecular weight excluding hydrogens is 247 g/mol. The summed E-state index contributed by atoms with van der Waals surface area (Å²) in [5, 5.41) is 8.56. The molecule has 0 N–H and O–H groups in total. The molecule has 17 heavy (non-hydrogen) atoms. The minimum Gasteiger partial charge on any atom is -0.336 e. The molecule has 0 saturated carbocycles. The number of amides is 1. The van der Waals surface area contributed by atoms with Crippen LogP contribution in [0.1, 0.15) is 12.8 Å². The highest BCUT2D eigenvalue weighted by Gasteiger charge is 2.64. The van der Waals surface area contributed by atoms with E-state index in [-0.39, 0.29) is 19.5 Å². The third kappa shape index (κ3) is 2.65. The van der Waals surface area contributed by atoms with Gasteiger partial charge in [0.1, 0.15) is 0 Å². The third-order valence-electron chi connectivity index (χ3n) is 2.52. The molecule has 1 heterocycles. The zero-order valence-electron chi connectivity index (χ0n) is 8.60. The van der Waals surface area contributed by atoms with E-state index < -0.39 is 23.9 Å². The first-order valence-electron chi connectivity index (χ1n) is 4.83. The van der Waals surface area contributed by atoms with E-state index in [1.807, 2.05) is 0 Å². The van der Waals surface area contributed by atoms with E-state index >= 15 is 0 Å². The maximum Gasteiger partial charge on any atom is 0.463 e. The van der Waals surface area contributed by atoms with Gasteiger partial charge < -0.3 is 4.90 Å². The zero-order valence-corrected chi connectivity index (χ0v) is 8.60. The topological polar surface area (TPSA) is 44.1 Å². The van der Waals surface area contributed by atoms with Crippen molar-refractivity contribution in [1.29, 1.82) is 5.26 Å². The predicted molar refractivity (Wildman–Crippen MR) is 45.9 cm³/mol. The van der Waals surface area contributed by atoms with Crippen molar-refractivity contribution in [3.63, 3.8) is 0 Å². The van der Waals surface area contributed by atoms with E-state index in [9.17, 15) is 26.7 Å². The molecule has 1 aliphatic rings. The molecule has 96 valence electrons. The number of alkyl halides is 5. The summed E-state index contributed by atoms with van der Waals surface area (Å²) >= 11 is 0. The number of rotatable bonds is 1. The third-order valence-corrected chi connectivity index (χ3v) is 2.52. The second-order valence-corrected chi connectivity index (χ2v) is 3.79. The molecule has 1 aliphatic heterocycles. The first kappa shape index (κ1) is 13.7. The Labute approximate surface area is 93.8 Å². The molecule has 0 aliphatic carbocycles. The lowest BCUT2D eigenvalue weighted by Gasteiger charge is -2.32. The van der Waals surface area contributed by atoms with E-state index in [1.165, 1.54) is 0 Å². The Kier molecular flexibility index (Phi) is 3.59. The number of likely N-dealkylation sites (tertiary alicyclic amines) is 1. The quantitative estimate of drug-likeness (QED) is 0.673. The lowest BCUT2D eigenvalue weighted by molar-refractivity contribution is -0.274. The molecular formula is C9H9F5N2O. The summed E-state index contributed by atoms with van der Waals surface area (Å²) in [5.74, 6) is -8.34. The normalized spacial score (nSPS) is 22.1. The van der Waals surface area contributed by atoms with Crippen LogP contribution in [-0.4, -0.2) is 36.0 Å². The van der Waals surface area contributed by atoms with Gasteiger partial charge in [-0.25, -0.2) is 0 Å². The number of carbonyl (C=O) groups is 1. The predicted octanol–water partition coefficient (Wildman–Crippen LogP) is 1.95. The van der Waals surface area contributed by atoms with E-state index in [2.05, 4.69) is 0 Å². The average molecular weight is 256 g/mol. The molecule has 3 nitrogen and oxygen atoms in total. The van der Waals surface area contributed by atoms with Gasteiger partial charge in [0.15, 0.2) is 0 Å². The van der Waals surface area contributed by atoms with Gasteiger partial charge in [0.05, 0.1) is 12.0 Å². The van der Waals surface area contributed by atoms with Gasteiger partial charge in [-0.2, -0.15) is 27.2 Å². The molecule has 1 atom stereocenters. The van der Waals surface area contributed by atoms with E-state index in [4.69, 9.17) is 5.26 Å². The van der Waals surface area contributed by atoms with Crippen LogP contribution in [0.25, 0.3) is 0 Å². The molecule has 1 amide bonds. The zero-order chi connectivity index (χ0) is 13.3. The second-order valence-electron chi connectivity index (χ2n) is 3.79. The van der Waals surface area contributed by atoms with Crippen LogP contribution in [0.5, 0.6) is 0 Å². The van der Waals surface area contributed by atoms with Crippen molar-refractivity contribution in [1.82, 2.24) is 4.90 Å². The minimum absolute atomic E-state index is 0.178. The van der Waals surface area contributed by atoms with Crippen molar-refractivity contribution in [2.75, 3.05) is 13.1 Å². The van der Waals surface area contributed by atoms with Gasteiger partial charge in [0, 0.05) is 13.1 Å². The van der Waals surface area contributed by atoms with Crippen LogP contribution in [0.15, 0.2) is 0 Å². The molecule has 0 radical (unpaired) electrons. The van der Waals surface area contributed by atoms with Crippen LogP contribution in [0, 0.1) is 17.2 Å². The molecule has 0 bridgehead atoms. The summed E-state index contributed by atoms with van der Waals surface area (Å²) in [6.07, 6.45) is -5.25. The highest BCUT2D eigenvalue weighted by molar-refractivity contribution is 5.84. The van der Waals surface area contributed by atoms with Crippen LogP contribution < -0.4 is 0 Å². The van der Waals surface area contributed by atoms with Crippen molar-refractivity contribution < 1.29 is 26.7 Å². The van der Waals surface area contributed by atoms with Crippen molar-refractivity contribution in [3.8, 4) is 6.07 Å². The van der Waals surface area contributed by atoms with Gasteiger partial charge in [0.2, 0.25) is 0 Å². The molecule has 1 rings (SSSR count). The molecule has 0 aromatic rings. The number of carbonyl (C=O) groups excluding carboxylic acids is 1. The number of piperidine rings is 1. The summed E-state index contributed by atoms with van der Waals surface area (Å²) in [7, 11) is 0. The van der Waals surface area contributed by atoms with E-state index in [0.717, 1.165) is 0 Å². The van der Waals surface area contributed by atoms with Gasteiger partial charge in [-0.15, -0.1) is 0 Å². The SMILES string of the molecule is N#CC1CCCN(C(=O)C(F)(F)C(F)(F)F)C1. The Bertz CT molecular complexity index is 346. The highest BCUT2D eigenvalue weighted by Crippen LogP contribution is 2.37. The van der Waals surface area contributed by atoms with Crippen LogP contribution in [0.3, 0.4) is 0 Å². The lowest BCUT2D eigenvalue weighted by Crippen LogP contribution is -2.54. The largest absolute Gasteiger partial charge is 0.463 e. The van der Waals surface area contributed by atoms with Crippen molar-refractivity contribution in [3.05, 3.63) is 0 Å². The Morgan fingerprint density at radius 2 is 1.88 bits per heavy atom. The molecule has 1 fully saturated rings. The van der Waals surface area contributed by atoms with Gasteiger partial charge in [-0.1, -0.05) is 0 Å². The van der Waals surface area contributed by atoms with Gasteiger partial charge in [-0.3, -0.25) is 4.79 Å². The first-order valence-corrected chi connectivity index (χ1v) is 4.83. The highest BCUT2D eigenvalue weighted by atomic mass is 19.4. The molecule has 8 heteroatoms. The summed E-state index contributed by atoms with van der Waals surface area (Å²) in [6.45, 7) is -0.552. The van der Waals surface area contributed by atoms with Crippen molar-refractivity contribution in [2.24, 2.45) is 5.92 Å². The molecule has 0 aromatic heterocycles. The number of nitriles is 1. The van der Waals surface area contributed by atoms with Crippen LogP contribution in [0.4, 0.5) is 22.0 Å². The average Bonchev–Trinajstić information content (AvgIpc) is 2.26. The summed E-state index contributed by atoms with van der Waals surface area (Å²) < 4.78 is 61.3. The Balaban J connectivity index is 2.80. The molecule has 0 aromatic carbocycles. The van der Waals surface area contributed by atoms with Gasteiger partial charge in [-0.05, 0) is 12.8 Å². The lowest BCUT2D eigenvalue weighted by atomic mass is 9.99. The maximum atomic E-state index is 12.7. The van der Waals surface area contributed by atoms with Crippen molar-refractivity contribution >= 4 is 5.91 Å². The van der Waals surface area contributed by atoms with E-state index in [0.29, 0.717) is 11.3 Å². The summed E-state index contributed by atoms with van der Waals surface area (Å²) in [5.41, 5.74) is 0. The van der Waals surface area contributed by atoms with Crippen LogP contribution >= 0.6 is 0 Å². The smallest absolute Gasteiger partial charge is 0.336 e. The monoisotopic (exact) mass is 256 g/mol. The standard InChI is InChI=1S/C9H9F5N2O/c10-8(11,9(12,13)14)7(17)16-3-1-2-6(4-15)5-16/h6H,1-3,5H2. The molecule has 0 spiro atoms. The number of hydrogen-bond acceptors (Lipinski definition) is 2. The van der Waals surface area contributed by atoms with Crippen LogP contribution in [0.2, 0.25) is 0 Å². The Morgan fingerprint density at radius 1 is 1.29 bits per heavy atom. The van der Waals surface area contributed by atoms with E-state index in [1.54, 1.807) is 6.07 Å².